The highest BCUT2D eigenvalue weighted by Crippen LogP contribution is 2.35. The quantitative estimate of drug-likeness (QED) is 0.336. The molecule has 0 atom stereocenters. The third kappa shape index (κ3) is 3.40. The number of hydrogen-bond donors (Lipinski definition) is 0. The molecule has 0 radical (unpaired) electrons. The fraction of sp³-hybridized carbons (Fsp3) is 0.130. The van der Waals surface area contributed by atoms with E-state index in [4.69, 9.17) is 4.74 Å². The maximum absolute atomic E-state index is 13.2. The number of rotatable bonds is 4. The zero-order valence-electron chi connectivity index (χ0n) is 17.6. The van der Waals surface area contributed by atoms with Crippen molar-refractivity contribution >= 4 is 45.2 Å². The Labute approximate surface area is 190 Å². The number of thiazole rings is 1. The highest BCUT2D eigenvalue weighted by Gasteiger charge is 2.34. The second kappa shape index (κ2) is 7.75. The molecule has 10 heteroatoms. The number of nitrogens with zero attached hydrogens (tertiary/aromatic N) is 4. The molecule has 1 aliphatic rings. The van der Waals surface area contributed by atoms with Crippen LogP contribution in [0.1, 0.15) is 19.4 Å². The van der Waals surface area contributed by atoms with Crippen molar-refractivity contribution in [2.75, 3.05) is 11.4 Å². The Bertz CT molecular complexity index is 1590. The normalized spacial score (nSPS) is 14.6. The highest BCUT2D eigenvalue weighted by atomic mass is 32.1. The van der Waals surface area contributed by atoms with Crippen molar-refractivity contribution in [3.05, 3.63) is 69.0 Å². The van der Waals surface area contributed by atoms with Crippen molar-refractivity contribution in [3.8, 4) is 17.1 Å². The topological polar surface area (TPSA) is 111 Å². The van der Waals surface area contributed by atoms with Crippen molar-refractivity contribution in [1.82, 2.24) is 14.6 Å². The first kappa shape index (κ1) is 20.7. The first-order valence-corrected chi connectivity index (χ1v) is 10.8. The van der Waals surface area contributed by atoms with Gasteiger partial charge in [0.1, 0.15) is 16.1 Å². The molecule has 0 N–H and O–H groups in total. The highest BCUT2D eigenvalue weighted by molar-refractivity contribution is 7.15. The van der Waals surface area contributed by atoms with Gasteiger partial charge in [-0.05, 0) is 25.1 Å². The Morgan fingerprint density at radius 3 is 2.39 bits per heavy atom. The average Bonchev–Trinajstić information content (AvgIpc) is 3.40. The zero-order chi connectivity index (χ0) is 23.3. The van der Waals surface area contributed by atoms with Crippen molar-refractivity contribution in [2.45, 2.75) is 13.8 Å². The molecule has 1 amide bonds. The zero-order valence-corrected chi connectivity index (χ0v) is 18.4. The lowest BCUT2D eigenvalue weighted by atomic mass is 10.1. The number of para-hydroxylation sites is 2. The molecule has 0 aliphatic carbocycles. The van der Waals surface area contributed by atoms with Gasteiger partial charge in [0.2, 0.25) is 4.96 Å². The van der Waals surface area contributed by atoms with Crippen molar-refractivity contribution < 1.29 is 19.1 Å². The number of esters is 1. The van der Waals surface area contributed by atoms with E-state index < -0.39 is 17.4 Å². The molecule has 0 saturated heterocycles. The van der Waals surface area contributed by atoms with Gasteiger partial charge in [-0.25, -0.2) is 0 Å². The van der Waals surface area contributed by atoms with Gasteiger partial charge in [0.15, 0.2) is 5.82 Å². The predicted octanol–water partition coefficient (Wildman–Crippen LogP) is 1.60. The van der Waals surface area contributed by atoms with Crippen LogP contribution < -0.4 is 19.7 Å². The smallest absolute Gasteiger partial charge is 0.308 e. The Kier molecular flexibility index (Phi) is 4.86. The van der Waals surface area contributed by atoms with Crippen molar-refractivity contribution in [1.29, 1.82) is 0 Å². The van der Waals surface area contributed by atoms with Crippen LogP contribution >= 0.6 is 11.3 Å². The van der Waals surface area contributed by atoms with E-state index in [1.807, 2.05) is 0 Å². The van der Waals surface area contributed by atoms with Crippen LogP contribution in [0.25, 0.3) is 21.9 Å². The number of carbonyl (C=O) groups is 3. The van der Waals surface area contributed by atoms with Crippen LogP contribution in [0.4, 0.5) is 5.69 Å². The van der Waals surface area contributed by atoms with Gasteiger partial charge >= 0.3 is 5.97 Å². The summed E-state index contributed by atoms with van der Waals surface area (Å²) >= 11 is 1.04. The summed E-state index contributed by atoms with van der Waals surface area (Å²) in [6.07, 6.45) is 0. The van der Waals surface area contributed by atoms with E-state index in [-0.39, 0.29) is 34.0 Å². The maximum Gasteiger partial charge on any atom is 0.308 e. The molecule has 9 nitrogen and oxygen atoms in total. The maximum atomic E-state index is 13.2. The van der Waals surface area contributed by atoms with E-state index in [2.05, 4.69) is 10.1 Å². The molecular formula is C23H16N4O5S. The summed E-state index contributed by atoms with van der Waals surface area (Å²) in [5.74, 6) is -0.553. The van der Waals surface area contributed by atoms with Crippen LogP contribution in [-0.4, -0.2) is 38.8 Å². The number of hydrogen-bond acceptors (Lipinski definition) is 8. The number of benzene rings is 2. The number of carbonyl (C=O) groups excluding carboxylic acids is 3. The second-order valence-electron chi connectivity index (χ2n) is 7.44. The van der Waals surface area contributed by atoms with Gasteiger partial charge < -0.3 is 9.64 Å². The number of ether oxygens (including phenoxy) is 1. The number of aromatic nitrogens is 3. The fourth-order valence-electron chi connectivity index (χ4n) is 3.77. The van der Waals surface area contributed by atoms with E-state index in [1.54, 1.807) is 48.5 Å². The minimum atomic E-state index is -0.486. The van der Waals surface area contributed by atoms with Crippen LogP contribution in [0, 0.1) is 0 Å². The van der Waals surface area contributed by atoms with Crippen molar-refractivity contribution in [3.63, 3.8) is 0 Å². The minimum absolute atomic E-state index is 0.0780. The summed E-state index contributed by atoms with van der Waals surface area (Å²) in [5, 5.41) is 4.31. The third-order valence-corrected chi connectivity index (χ3v) is 6.10. The molecule has 0 unspecified atom stereocenters. The summed E-state index contributed by atoms with van der Waals surface area (Å²) in [4.78, 5) is 55.7. The molecule has 33 heavy (non-hydrogen) atoms. The van der Waals surface area contributed by atoms with E-state index in [0.29, 0.717) is 21.8 Å². The van der Waals surface area contributed by atoms with Gasteiger partial charge in [-0.3, -0.25) is 19.2 Å². The van der Waals surface area contributed by atoms with E-state index in [9.17, 15) is 19.2 Å². The Balaban J connectivity index is 1.68. The first-order valence-electron chi connectivity index (χ1n) is 9.97. The average molecular weight is 460 g/mol. The van der Waals surface area contributed by atoms with E-state index in [0.717, 1.165) is 15.9 Å². The SMILES string of the molecule is CC(=O)CN1C(=O)C(=c2sc3nc(-c4ccccc4OC(C)=O)nn3c2=O)c2ccccc21. The second-order valence-corrected chi connectivity index (χ2v) is 8.42. The molecule has 3 heterocycles. The monoisotopic (exact) mass is 460 g/mol. The molecule has 0 saturated carbocycles. The lowest BCUT2D eigenvalue weighted by Crippen LogP contribution is -2.34. The summed E-state index contributed by atoms with van der Waals surface area (Å²) in [6, 6.07) is 13.8. The van der Waals surface area contributed by atoms with Gasteiger partial charge in [0.05, 0.1) is 23.4 Å². The summed E-state index contributed by atoms with van der Waals surface area (Å²) < 4.78 is 6.56. The van der Waals surface area contributed by atoms with Crippen molar-refractivity contribution in [2.24, 2.45) is 0 Å². The number of fused-ring (bicyclic) bond motifs is 2. The van der Waals surface area contributed by atoms with Crippen LogP contribution in [0.2, 0.25) is 0 Å². The number of ketones is 1. The molecular weight excluding hydrogens is 444 g/mol. The molecule has 0 fully saturated rings. The largest absolute Gasteiger partial charge is 0.426 e. The van der Waals surface area contributed by atoms with Gasteiger partial charge in [0.25, 0.3) is 11.5 Å². The summed E-state index contributed by atoms with van der Waals surface area (Å²) in [5.41, 5.74) is 1.39. The first-order chi connectivity index (χ1) is 15.8. The number of amides is 1. The Morgan fingerprint density at radius 1 is 1.00 bits per heavy atom. The van der Waals surface area contributed by atoms with Gasteiger partial charge in [-0.2, -0.15) is 9.50 Å². The Hall–Kier alpha value is -4.18. The molecule has 5 rings (SSSR count). The van der Waals surface area contributed by atoms with Crippen LogP contribution in [0.3, 0.4) is 0 Å². The molecule has 2 aromatic heterocycles. The number of anilines is 1. The molecule has 164 valence electrons. The van der Waals surface area contributed by atoms with E-state index in [1.165, 1.54) is 18.7 Å². The standard InChI is InChI=1S/C23H16N4O5S/c1-12(28)11-26-16-9-5-3-7-14(16)18(21(26)30)19-22(31)27-23(33-19)24-20(25-27)15-8-4-6-10-17(15)32-13(2)29/h3-10H,11H2,1-2H3. The molecule has 0 spiro atoms. The van der Waals surface area contributed by atoms with Gasteiger partial charge in [-0.1, -0.05) is 41.7 Å². The predicted molar refractivity (Wildman–Crippen MR) is 121 cm³/mol. The van der Waals surface area contributed by atoms with Crippen LogP contribution in [-0.2, 0) is 14.4 Å². The summed E-state index contributed by atoms with van der Waals surface area (Å²) in [7, 11) is 0. The number of Topliss-reactive ketones (excluding diaryl/α,β-unsaturated/α-hetero) is 1. The van der Waals surface area contributed by atoms with Gasteiger partial charge in [-0.15, -0.1) is 5.10 Å². The Morgan fingerprint density at radius 2 is 1.70 bits per heavy atom. The van der Waals surface area contributed by atoms with Crippen LogP contribution in [0.5, 0.6) is 5.75 Å². The van der Waals surface area contributed by atoms with E-state index >= 15 is 0 Å². The summed E-state index contributed by atoms with van der Waals surface area (Å²) in [6.45, 7) is 2.62. The molecule has 1 aliphatic heterocycles. The minimum Gasteiger partial charge on any atom is -0.426 e. The molecule has 2 aromatic carbocycles. The third-order valence-electron chi connectivity index (χ3n) is 5.07. The lowest BCUT2D eigenvalue weighted by Gasteiger charge is -2.14. The molecule has 0 bridgehead atoms. The van der Waals surface area contributed by atoms with Gasteiger partial charge in [0, 0.05) is 12.5 Å². The molecule has 4 aromatic rings. The lowest BCUT2D eigenvalue weighted by molar-refractivity contribution is -0.131. The van der Waals surface area contributed by atoms with Crippen LogP contribution in [0.15, 0.2) is 53.3 Å². The fourth-order valence-corrected chi connectivity index (χ4v) is 4.77.